The lowest BCUT2D eigenvalue weighted by Gasteiger charge is -2.29. The smallest absolute Gasteiger partial charge is 0.339 e. The predicted molar refractivity (Wildman–Crippen MR) is 77.5 cm³/mol. The van der Waals surface area contributed by atoms with Gasteiger partial charge in [0.2, 0.25) is 0 Å². The zero-order valence-corrected chi connectivity index (χ0v) is 12.3. The molecule has 1 aliphatic rings. The minimum atomic E-state index is -0.390. The van der Waals surface area contributed by atoms with Gasteiger partial charge >= 0.3 is 5.97 Å². The molecule has 0 amide bonds. The maximum Gasteiger partial charge on any atom is 0.339 e. The van der Waals surface area contributed by atoms with Crippen LogP contribution in [0.4, 0.5) is 5.82 Å². The van der Waals surface area contributed by atoms with Gasteiger partial charge in [-0.15, -0.1) is 12.4 Å². The van der Waals surface area contributed by atoms with E-state index < -0.39 is 5.97 Å². The van der Waals surface area contributed by atoms with Crippen LogP contribution in [0.2, 0.25) is 5.02 Å². The number of pyridine rings is 1. The van der Waals surface area contributed by atoms with Crippen molar-refractivity contribution < 1.29 is 9.53 Å². The van der Waals surface area contributed by atoms with Gasteiger partial charge in [-0.2, -0.15) is 0 Å². The molecule has 0 aromatic carbocycles. The largest absolute Gasteiger partial charge is 0.462 e. The van der Waals surface area contributed by atoms with Crippen molar-refractivity contribution in [3.05, 3.63) is 22.8 Å². The summed E-state index contributed by atoms with van der Waals surface area (Å²) in [6.45, 7) is 5.67. The van der Waals surface area contributed by atoms with E-state index in [4.69, 9.17) is 16.3 Å². The first-order valence-electron chi connectivity index (χ1n) is 6.00. The summed E-state index contributed by atoms with van der Waals surface area (Å²) in [4.78, 5) is 17.9. The van der Waals surface area contributed by atoms with E-state index in [0.717, 1.165) is 32.0 Å². The molecule has 1 aromatic heterocycles. The Hall–Kier alpha value is -1.04. The molecule has 1 fully saturated rings. The molecule has 0 atom stereocenters. The van der Waals surface area contributed by atoms with Crippen LogP contribution >= 0.6 is 24.0 Å². The number of esters is 1. The van der Waals surface area contributed by atoms with E-state index in [1.54, 1.807) is 13.0 Å². The first kappa shape index (κ1) is 16.0. The summed E-state index contributed by atoms with van der Waals surface area (Å²) in [6, 6.07) is 1.61. The molecular formula is C12H17Cl2N3O2. The van der Waals surface area contributed by atoms with Gasteiger partial charge in [0.05, 0.1) is 17.2 Å². The molecular weight excluding hydrogens is 289 g/mol. The van der Waals surface area contributed by atoms with Crippen LogP contribution < -0.4 is 10.2 Å². The van der Waals surface area contributed by atoms with Crippen LogP contribution in [0.3, 0.4) is 0 Å². The maximum atomic E-state index is 11.5. The SMILES string of the molecule is CCOC(=O)c1cnc(N2CCNCC2)c(Cl)c1.Cl. The summed E-state index contributed by atoms with van der Waals surface area (Å²) < 4.78 is 4.91. The number of ether oxygens (including phenoxy) is 1. The minimum absolute atomic E-state index is 0. The van der Waals surface area contributed by atoms with E-state index in [-0.39, 0.29) is 12.4 Å². The summed E-state index contributed by atoms with van der Waals surface area (Å²) in [5, 5.41) is 3.75. The molecule has 1 N–H and O–H groups in total. The van der Waals surface area contributed by atoms with Gasteiger partial charge in [0, 0.05) is 32.4 Å². The van der Waals surface area contributed by atoms with Gasteiger partial charge in [-0.05, 0) is 13.0 Å². The molecule has 106 valence electrons. The molecule has 19 heavy (non-hydrogen) atoms. The normalized spacial score (nSPS) is 14.7. The van der Waals surface area contributed by atoms with Crippen molar-refractivity contribution in [2.24, 2.45) is 0 Å². The van der Waals surface area contributed by atoms with Gasteiger partial charge in [0.25, 0.3) is 0 Å². The fraction of sp³-hybridized carbons (Fsp3) is 0.500. The molecule has 0 spiro atoms. The van der Waals surface area contributed by atoms with E-state index in [2.05, 4.69) is 15.2 Å². The van der Waals surface area contributed by atoms with Crippen molar-refractivity contribution in [3.63, 3.8) is 0 Å². The van der Waals surface area contributed by atoms with Gasteiger partial charge in [-0.25, -0.2) is 9.78 Å². The predicted octanol–water partition coefficient (Wildman–Crippen LogP) is 1.74. The Labute approximate surface area is 123 Å². The highest BCUT2D eigenvalue weighted by Crippen LogP contribution is 2.24. The lowest BCUT2D eigenvalue weighted by molar-refractivity contribution is 0.0526. The molecule has 7 heteroatoms. The second-order valence-electron chi connectivity index (χ2n) is 3.99. The van der Waals surface area contributed by atoms with Crippen molar-refractivity contribution in [3.8, 4) is 0 Å². The number of nitrogens with zero attached hydrogens (tertiary/aromatic N) is 2. The van der Waals surface area contributed by atoms with Gasteiger partial charge in [0.1, 0.15) is 5.82 Å². The number of piperazine rings is 1. The number of aromatic nitrogens is 1. The minimum Gasteiger partial charge on any atom is -0.462 e. The van der Waals surface area contributed by atoms with E-state index in [1.165, 1.54) is 6.20 Å². The third-order valence-corrected chi connectivity index (χ3v) is 3.03. The molecule has 2 heterocycles. The van der Waals surface area contributed by atoms with Crippen LogP contribution in [0.1, 0.15) is 17.3 Å². The van der Waals surface area contributed by atoms with Crippen LogP contribution in [0.15, 0.2) is 12.3 Å². The van der Waals surface area contributed by atoms with Crippen molar-refractivity contribution in [1.29, 1.82) is 0 Å². The number of halogens is 2. The Balaban J connectivity index is 0.00000180. The second-order valence-corrected chi connectivity index (χ2v) is 4.39. The number of carbonyl (C=O) groups is 1. The Morgan fingerprint density at radius 1 is 1.53 bits per heavy atom. The number of nitrogens with one attached hydrogen (secondary N) is 1. The van der Waals surface area contributed by atoms with E-state index in [1.807, 2.05) is 0 Å². The number of rotatable bonds is 3. The third kappa shape index (κ3) is 3.96. The Bertz CT molecular complexity index is 437. The zero-order chi connectivity index (χ0) is 13.0. The average molecular weight is 306 g/mol. The highest BCUT2D eigenvalue weighted by atomic mass is 35.5. The Kier molecular flexibility index (Phi) is 6.34. The maximum absolute atomic E-state index is 11.5. The molecule has 1 aliphatic heterocycles. The van der Waals surface area contributed by atoms with Gasteiger partial charge in [-0.1, -0.05) is 11.6 Å². The third-order valence-electron chi connectivity index (χ3n) is 2.75. The summed E-state index contributed by atoms with van der Waals surface area (Å²) in [5.74, 6) is 0.338. The van der Waals surface area contributed by atoms with Gasteiger partial charge in [-0.3, -0.25) is 0 Å². The lowest BCUT2D eigenvalue weighted by atomic mass is 10.2. The molecule has 2 rings (SSSR count). The monoisotopic (exact) mass is 305 g/mol. The van der Waals surface area contributed by atoms with Crippen LogP contribution in [0.5, 0.6) is 0 Å². The topological polar surface area (TPSA) is 54.5 Å². The standard InChI is InChI=1S/C12H16ClN3O2.ClH/c1-2-18-12(17)9-7-10(13)11(15-8-9)16-5-3-14-4-6-16;/h7-8,14H,2-6H2,1H3;1H. The Morgan fingerprint density at radius 2 is 2.21 bits per heavy atom. The Morgan fingerprint density at radius 3 is 2.79 bits per heavy atom. The zero-order valence-electron chi connectivity index (χ0n) is 10.7. The highest BCUT2D eigenvalue weighted by Gasteiger charge is 2.17. The van der Waals surface area contributed by atoms with Crippen LogP contribution in [0.25, 0.3) is 0 Å². The quantitative estimate of drug-likeness (QED) is 0.862. The number of hydrogen-bond donors (Lipinski definition) is 1. The summed E-state index contributed by atoms with van der Waals surface area (Å²) in [5.41, 5.74) is 0.390. The molecule has 0 radical (unpaired) electrons. The molecule has 5 nitrogen and oxygen atoms in total. The summed E-state index contributed by atoms with van der Waals surface area (Å²) in [7, 11) is 0. The number of anilines is 1. The molecule has 0 aliphatic carbocycles. The van der Waals surface area contributed by atoms with Crippen molar-refractivity contribution in [1.82, 2.24) is 10.3 Å². The second kappa shape index (κ2) is 7.53. The molecule has 0 unspecified atom stereocenters. The average Bonchev–Trinajstić information content (AvgIpc) is 2.40. The van der Waals surface area contributed by atoms with Crippen LogP contribution in [-0.4, -0.2) is 43.7 Å². The molecule has 0 bridgehead atoms. The summed E-state index contributed by atoms with van der Waals surface area (Å²) in [6.07, 6.45) is 1.52. The highest BCUT2D eigenvalue weighted by molar-refractivity contribution is 6.33. The fourth-order valence-electron chi connectivity index (χ4n) is 1.87. The van der Waals surface area contributed by atoms with Crippen LogP contribution in [0, 0.1) is 0 Å². The van der Waals surface area contributed by atoms with E-state index in [0.29, 0.717) is 17.2 Å². The number of carbonyl (C=O) groups excluding carboxylic acids is 1. The first-order chi connectivity index (χ1) is 8.72. The van der Waals surface area contributed by atoms with Crippen molar-refractivity contribution in [2.45, 2.75) is 6.92 Å². The lowest BCUT2D eigenvalue weighted by Crippen LogP contribution is -2.44. The van der Waals surface area contributed by atoms with Crippen molar-refractivity contribution in [2.75, 3.05) is 37.7 Å². The molecule has 0 saturated carbocycles. The van der Waals surface area contributed by atoms with Crippen molar-refractivity contribution >= 4 is 35.8 Å². The molecule has 1 aromatic rings. The fourth-order valence-corrected chi connectivity index (χ4v) is 2.15. The molecule has 1 saturated heterocycles. The van der Waals surface area contributed by atoms with E-state index in [9.17, 15) is 4.79 Å². The van der Waals surface area contributed by atoms with Gasteiger partial charge in [0.15, 0.2) is 0 Å². The first-order valence-corrected chi connectivity index (χ1v) is 6.38. The summed E-state index contributed by atoms with van der Waals surface area (Å²) >= 11 is 6.17. The van der Waals surface area contributed by atoms with Crippen LogP contribution in [-0.2, 0) is 4.74 Å². The van der Waals surface area contributed by atoms with E-state index >= 15 is 0 Å². The number of hydrogen-bond acceptors (Lipinski definition) is 5. The van der Waals surface area contributed by atoms with Gasteiger partial charge < -0.3 is 15.0 Å².